The highest BCUT2D eigenvalue weighted by Crippen LogP contribution is 2.26. The van der Waals surface area contributed by atoms with Crippen LogP contribution in [0.2, 0.25) is 0 Å². The number of ether oxygens (including phenoxy) is 3. The molecule has 6 nitrogen and oxygen atoms in total. The lowest BCUT2D eigenvalue weighted by atomic mass is 10.1. The number of esters is 1. The summed E-state index contributed by atoms with van der Waals surface area (Å²) < 4.78 is 16.1. The second-order valence-electron chi connectivity index (χ2n) is 8.40. The van der Waals surface area contributed by atoms with Crippen LogP contribution in [-0.4, -0.2) is 39.2 Å². The van der Waals surface area contributed by atoms with Crippen molar-refractivity contribution < 1.29 is 23.8 Å². The third-order valence-electron chi connectivity index (χ3n) is 5.96. The Kier molecular flexibility index (Phi) is 8.55. The van der Waals surface area contributed by atoms with Crippen molar-refractivity contribution in [3.8, 4) is 11.5 Å². The smallest absolute Gasteiger partial charge is 0.337 e. The summed E-state index contributed by atoms with van der Waals surface area (Å²) in [6.07, 6.45) is 2.45. The molecule has 0 saturated heterocycles. The first-order valence-electron chi connectivity index (χ1n) is 12.0. The fourth-order valence-electron chi connectivity index (χ4n) is 3.91. The van der Waals surface area contributed by atoms with Crippen LogP contribution in [0.4, 0.5) is 0 Å². The van der Waals surface area contributed by atoms with Crippen LogP contribution in [-0.2, 0) is 16.0 Å². The van der Waals surface area contributed by atoms with Gasteiger partial charge in [-0.1, -0.05) is 60.7 Å². The normalized spacial score (nSPS) is 11.1. The van der Waals surface area contributed by atoms with E-state index in [9.17, 15) is 9.59 Å². The van der Waals surface area contributed by atoms with Gasteiger partial charge < -0.3 is 19.5 Å². The minimum absolute atomic E-state index is 0.0845. The average molecular weight is 496 g/mol. The molecule has 4 aromatic rings. The molecule has 4 aromatic carbocycles. The molecule has 4 rings (SSSR count). The summed E-state index contributed by atoms with van der Waals surface area (Å²) in [6, 6.07) is 28.4. The van der Waals surface area contributed by atoms with E-state index in [1.54, 1.807) is 37.5 Å². The van der Waals surface area contributed by atoms with E-state index in [0.29, 0.717) is 29.9 Å². The van der Waals surface area contributed by atoms with E-state index in [2.05, 4.69) is 5.32 Å². The summed E-state index contributed by atoms with van der Waals surface area (Å²) in [5.74, 6) is 0.870. The summed E-state index contributed by atoms with van der Waals surface area (Å²) in [6.45, 7) is 0.555. The van der Waals surface area contributed by atoms with Crippen molar-refractivity contribution in [2.24, 2.45) is 0 Å². The number of carbonyl (C=O) groups is 2. The SMILES string of the molecule is COC(=O)c1ccc(C=C(COc2cccc3ccccc23)C(=O)NCCc2ccc(OC)cc2)cc1. The Hall–Kier alpha value is -4.58. The molecule has 0 aliphatic carbocycles. The fraction of sp³-hybridized carbons (Fsp3) is 0.161. The Morgan fingerprint density at radius 1 is 0.838 bits per heavy atom. The van der Waals surface area contributed by atoms with Gasteiger partial charge in [-0.2, -0.15) is 0 Å². The van der Waals surface area contributed by atoms with E-state index in [1.165, 1.54) is 7.11 Å². The molecule has 0 aliphatic rings. The van der Waals surface area contributed by atoms with Crippen LogP contribution in [0.1, 0.15) is 21.5 Å². The number of fused-ring (bicyclic) bond motifs is 1. The summed E-state index contributed by atoms with van der Waals surface area (Å²) >= 11 is 0. The fourth-order valence-corrected chi connectivity index (χ4v) is 3.91. The molecule has 1 N–H and O–H groups in total. The highest BCUT2D eigenvalue weighted by molar-refractivity contribution is 5.98. The highest BCUT2D eigenvalue weighted by atomic mass is 16.5. The van der Waals surface area contributed by atoms with E-state index >= 15 is 0 Å². The van der Waals surface area contributed by atoms with Gasteiger partial charge in [0, 0.05) is 11.9 Å². The quantitative estimate of drug-likeness (QED) is 0.234. The zero-order valence-electron chi connectivity index (χ0n) is 20.9. The minimum atomic E-state index is -0.411. The van der Waals surface area contributed by atoms with Gasteiger partial charge in [0.25, 0.3) is 5.91 Å². The second-order valence-corrected chi connectivity index (χ2v) is 8.40. The van der Waals surface area contributed by atoms with Crippen LogP contribution in [0.15, 0.2) is 96.6 Å². The molecule has 0 fully saturated rings. The van der Waals surface area contributed by atoms with Crippen LogP contribution in [0, 0.1) is 0 Å². The number of carbonyl (C=O) groups excluding carboxylic acids is 2. The number of hydrogen-bond acceptors (Lipinski definition) is 5. The summed E-state index contributed by atoms with van der Waals surface area (Å²) in [7, 11) is 2.97. The molecule has 0 radical (unpaired) electrons. The molecule has 0 bridgehead atoms. The topological polar surface area (TPSA) is 73.9 Å². The molecule has 0 aliphatic heterocycles. The van der Waals surface area contributed by atoms with E-state index in [0.717, 1.165) is 27.6 Å². The maximum Gasteiger partial charge on any atom is 0.337 e. The number of hydrogen-bond donors (Lipinski definition) is 1. The largest absolute Gasteiger partial charge is 0.497 e. The predicted molar refractivity (Wildman–Crippen MR) is 145 cm³/mol. The van der Waals surface area contributed by atoms with Crippen LogP contribution >= 0.6 is 0 Å². The maximum atomic E-state index is 13.2. The molecular formula is C31H29NO5. The van der Waals surface area contributed by atoms with Crippen LogP contribution in [0.25, 0.3) is 16.8 Å². The van der Waals surface area contributed by atoms with Gasteiger partial charge in [-0.3, -0.25) is 4.79 Å². The number of rotatable bonds is 10. The first-order chi connectivity index (χ1) is 18.1. The van der Waals surface area contributed by atoms with Gasteiger partial charge in [0.2, 0.25) is 0 Å². The lowest BCUT2D eigenvalue weighted by molar-refractivity contribution is -0.117. The van der Waals surface area contributed by atoms with Crippen molar-refractivity contribution in [1.29, 1.82) is 0 Å². The highest BCUT2D eigenvalue weighted by Gasteiger charge is 2.13. The van der Waals surface area contributed by atoms with E-state index in [4.69, 9.17) is 14.2 Å². The van der Waals surface area contributed by atoms with Gasteiger partial charge in [0.1, 0.15) is 18.1 Å². The van der Waals surface area contributed by atoms with E-state index in [-0.39, 0.29) is 12.5 Å². The molecule has 0 saturated carbocycles. The first kappa shape index (κ1) is 25.5. The molecule has 0 atom stereocenters. The van der Waals surface area contributed by atoms with Gasteiger partial charge >= 0.3 is 5.97 Å². The van der Waals surface area contributed by atoms with Crippen LogP contribution < -0.4 is 14.8 Å². The van der Waals surface area contributed by atoms with Gasteiger partial charge in [0.05, 0.1) is 25.4 Å². The number of benzene rings is 4. The van der Waals surface area contributed by atoms with E-state index < -0.39 is 5.97 Å². The van der Waals surface area contributed by atoms with Crippen LogP contribution in [0.5, 0.6) is 11.5 Å². The van der Waals surface area contributed by atoms with E-state index in [1.807, 2.05) is 66.7 Å². The minimum Gasteiger partial charge on any atom is -0.497 e. The summed E-state index contributed by atoms with van der Waals surface area (Å²) in [5.41, 5.74) is 2.78. The molecule has 0 spiro atoms. The molecular weight excluding hydrogens is 466 g/mol. The first-order valence-corrected chi connectivity index (χ1v) is 12.0. The third-order valence-corrected chi connectivity index (χ3v) is 5.96. The third kappa shape index (κ3) is 6.76. The standard InChI is InChI=1S/C31H29NO5/c1-35-27-16-12-22(13-17-27)18-19-32-30(33)26(20-23-10-14-25(15-11-23)31(34)36-2)21-37-29-9-5-7-24-6-3-4-8-28(24)29/h3-17,20H,18-19,21H2,1-2H3,(H,32,33). The lowest BCUT2D eigenvalue weighted by Gasteiger charge is -2.13. The Balaban J connectivity index is 1.50. The zero-order valence-corrected chi connectivity index (χ0v) is 20.9. The maximum absolute atomic E-state index is 13.2. The summed E-state index contributed by atoms with van der Waals surface area (Å²) in [4.78, 5) is 25.0. The Morgan fingerprint density at radius 2 is 1.57 bits per heavy atom. The van der Waals surface area contributed by atoms with Gasteiger partial charge in [-0.05, 0) is 59.3 Å². The Labute approximate surface area is 216 Å². The monoisotopic (exact) mass is 495 g/mol. The van der Waals surface area contributed by atoms with Crippen molar-refractivity contribution >= 4 is 28.7 Å². The molecule has 0 aromatic heterocycles. The molecule has 0 unspecified atom stereocenters. The summed E-state index contributed by atoms with van der Waals surface area (Å²) in [5, 5.41) is 5.04. The Morgan fingerprint density at radius 3 is 2.30 bits per heavy atom. The van der Waals surface area contributed by atoms with Gasteiger partial charge in [-0.15, -0.1) is 0 Å². The predicted octanol–water partition coefficient (Wildman–Crippen LogP) is 5.46. The van der Waals surface area contributed by atoms with Gasteiger partial charge in [-0.25, -0.2) is 4.79 Å². The van der Waals surface area contributed by atoms with Crippen LogP contribution in [0.3, 0.4) is 0 Å². The average Bonchev–Trinajstić information content (AvgIpc) is 2.95. The van der Waals surface area contributed by atoms with Crippen molar-refractivity contribution in [2.45, 2.75) is 6.42 Å². The second kappa shape index (κ2) is 12.4. The van der Waals surface area contributed by atoms with Crippen molar-refractivity contribution in [3.63, 3.8) is 0 Å². The number of nitrogens with one attached hydrogen (secondary N) is 1. The zero-order chi connectivity index (χ0) is 26.0. The van der Waals surface area contributed by atoms with Gasteiger partial charge in [0.15, 0.2) is 0 Å². The number of methoxy groups -OCH3 is 2. The van der Waals surface area contributed by atoms with Crippen molar-refractivity contribution in [1.82, 2.24) is 5.32 Å². The van der Waals surface area contributed by atoms with Crippen molar-refractivity contribution in [2.75, 3.05) is 27.4 Å². The van der Waals surface area contributed by atoms with Crippen molar-refractivity contribution in [3.05, 3.63) is 113 Å². The number of amides is 1. The molecule has 6 heteroatoms. The molecule has 0 heterocycles. The molecule has 37 heavy (non-hydrogen) atoms. The lowest BCUT2D eigenvalue weighted by Crippen LogP contribution is -2.29. The molecule has 188 valence electrons. The Bertz CT molecular complexity index is 1390. The molecule has 1 amide bonds.